The number of nitrogens with two attached hydrogens (primary N) is 1. The van der Waals surface area contributed by atoms with Gasteiger partial charge in [-0.15, -0.1) is 0 Å². The van der Waals surface area contributed by atoms with Gasteiger partial charge in [0, 0.05) is 12.3 Å². The number of nitro groups is 1. The molecule has 0 saturated heterocycles. The van der Waals surface area contributed by atoms with Crippen LogP contribution >= 0.6 is 0 Å². The molecule has 2 aromatic rings. The zero-order valence-electron chi connectivity index (χ0n) is 11.0. The lowest BCUT2D eigenvalue weighted by atomic mass is 9.95. The molecule has 21 heavy (non-hydrogen) atoms. The van der Waals surface area contributed by atoms with Gasteiger partial charge in [-0.2, -0.15) is 0 Å². The first-order valence-electron chi connectivity index (χ1n) is 6.31. The molecule has 0 fully saturated rings. The van der Waals surface area contributed by atoms with Gasteiger partial charge in [-0.25, -0.2) is 4.39 Å². The molecule has 0 aliphatic heterocycles. The maximum Gasteiger partial charge on any atom is 0.306 e. The van der Waals surface area contributed by atoms with Crippen LogP contribution in [0.1, 0.15) is 12.0 Å². The van der Waals surface area contributed by atoms with E-state index >= 15 is 0 Å². The third kappa shape index (κ3) is 2.84. The highest BCUT2D eigenvalue weighted by atomic mass is 19.1. The number of aromatic amines is 1. The molecule has 0 aliphatic rings. The lowest BCUT2D eigenvalue weighted by Gasteiger charge is -2.10. The van der Waals surface area contributed by atoms with E-state index < -0.39 is 22.6 Å². The van der Waals surface area contributed by atoms with E-state index in [1.54, 1.807) is 0 Å². The van der Waals surface area contributed by atoms with Crippen LogP contribution < -0.4 is 5.73 Å². The number of H-pyrrole nitrogens is 1. The SMILES string of the molecule is NCCC(Cc1c[nH]c2c(F)ccc([N+](=O)[O-])c12)C(=O)O. The number of nitro benzene ring substituents is 1. The minimum atomic E-state index is -1.03. The quantitative estimate of drug-likeness (QED) is 0.554. The lowest BCUT2D eigenvalue weighted by molar-refractivity contribution is -0.383. The van der Waals surface area contributed by atoms with Crippen molar-refractivity contribution in [3.8, 4) is 0 Å². The summed E-state index contributed by atoms with van der Waals surface area (Å²) in [5, 5.41) is 20.3. The van der Waals surface area contributed by atoms with Crippen molar-refractivity contribution in [2.75, 3.05) is 6.54 Å². The number of aromatic nitrogens is 1. The summed E-state index contributed by atoms with van der Waals surface area (Å²) in [6.45, 7) is 0.190. The number of fused-ring (bicyclic) bond motifs is 1. The van der Waals surface area contributed by atoms with Crippen LogP contribution in [0.5, 0.6) is 0 Å². The average molecular weight is 295 g/mol. The number of benzene rings is 1. The first-order chi connectivity index (χ1) is 9.95. The second-order valence-corrected chi connectivity index (χ2v) is 4.70. The Morgan fingerprint density at radius 3 is 2.81 bits per heavy atom. The maximum absolute atomic E-state index is 13.7. The van der Waals surface area contributed by atoms with Crippen LogP contribution in [0.25, 0.3) is 10.9 Å². The largest absolute Gasteiger partial charge is 0.481 e. The molecule has 0 saturated carbocycles. The van der Waals surface area contributed by atoms with E-state index in [1.165, 1.54) is 6.20 Å². The molecule has 1 atom stereocenters. The molecule has 1 aromatic heterocycles. The molecule has 0 spiro atoms. The molecule has 1 heterocycles. The molecular formula is C13H14FN3O4. The van der Waals surface area contributed by atoms with E-state index in [1.807, 2.05) is 0 Å². The molecule has 0 amide bonds. The number of carboxylic acids is 1. The summed E-state index contributed by atoms with van der Waals surface area (Å²) in [7, 11) is 0. The number of non-ortho nitro benzene ring substituents is 1. The van der Waals surface area contributed by atoms with Gasteiger partial charge in [0.1, 0.15) is 5.82 Å². The van der Waals surface area contributed by atoms with Crippen LogP contribution in [-0.4, -0.2) is 27.5 Å². The predicted molar refractivity (Wildman–Crippen MR) is 73.4 cm³/mol. The number of aliphatic carboxylic acids is 1. The van der Waals surface area contributed by atoms with Crippen LogP contribution in [0.15, 0.2) is 18.3 Å². The minimum Gasteiger partial charge on any atom is -0.481 e. The summed E-state index contributed by atoms with van der Waals surface area (Å²) in [5.74, 6) is -2.42. The normalized spacial score (nSPS) is 12.5. The molecule has 1 unspecified atom stereocenters. The van der Waals surface area contributed by atoms with Gasteiger partial charge in [0.2, 0.25) is 0 Å². The summed E-state index contributed by atoms with van der Waals surface area (Å²) in [5.41, 5.74) is 5.53. The van der Waals surface area contributed by atoms with Crippen molar-refractivity contribution in [2.45, 2.75) is 12.8 Å². The Bertz CT molecular complexity index is 698. The second kappa shape index (κ2) is 5.88. The highest BCUT2D eigenvalue weighted by molar-refractivity contribution is 5.92. The summed E-state index contributed by atoms with van der Waals surface area (Å²) in [4.78, 5) is 24.2. The molecule has 0 aliphatic carbocycles. The Balaban J connectivity index is 2.52. The van der Waals surface area contributed by atoms with E-state index in [-0.39, 0.29) is 36.0 Å². The summed E-state index contributed by atoms with van der Waals surface area (Å²) >= 11 is 0. The van der Waals surface area contributed by atoms with Gasteiger partial charge in [-0.05, 0) is 31.0 Å². The van der Waals surface area contributed by atoms with Crippen molar-refractivity contribution >= 4 is 22.6 Å². The van der Waals surface area contributed by atoms with Crippen LogP contribution in [0, 0.1) is 21.8 Å². The van der Waals surface area contributed by atoms with Gasteiger partial charge in [0.15, 0.2) is 0 Å². The Labute approximate surface area is 118 Å². The van der Waals surface area contributed by atoms with Gasteiger partial charge < -0.3 is 15.8 Å². The van der Waals surface area contributed by atoms with Crippen LogP contribution in [0.3, 0.4) is 0 Å². The van der Waals surface area contributed by atoms with Crippen molar-refractivity contribution in [1.29, 1.82) is 0 Å². The van der Waals surface area contributed by atoms with Crippen molar-refractivity contribution in [3.63, 3.8) is 0 Å². The zero-order chi connectivity index (χ0) is 15.6. The van der Waals surface area contributed by atoms with Crippen LogP contribution in [0.4, 0.5) is 10.1 Å². The third-order valence-corrected chi connectivity index (χ3v) is 3.37. The monoisotopic (exact) mass is 295 g/mol. The van der Waals surface area contributed by atoms with Crippen molar-refractivity contribution in [1.82, 2.24) is 4.98 Å². The first kappa shape index (κ1) is 14.9. The molecule has 2 rings (SSSR count). The maximum atomic E-state index is 13.7. The standard InChI is InChI=1S/C13H14FN3O4/c14-9-1-2-10(17(20)21)11-8(6-16-12(9)11)5-7(3-4-15)13(18)19/h1-2,6-7,16H,3-5,15H2,(H,18,19). The van der Waals surface area contributed by atoms with Gasteiger partial charge >= 0.3 is 5.97 Å². The summed E-state index contributed by atoms with van der Waals surface area (Å²) in [6, 6.07) is 2.09. The van der Waals surface area contributed by atoms with E-state index in [0.29, 0.717) is 5.56 Å². The number of rotatable bonds is 6. The predicted octanol–water partition coefficient (Wildman–Crippen LogP) is 1.81. The zero-order valence-corrected chi connectivity index (χ0v) is 11.0. The smallest absolute Gasteiger partial charge is 0.306 e. The fourth-order valence-electron chi connectivity index (χ4n) is 2.36. The van der Waals surface area contributed by atoms with Gasteiger partial charge in [-0.3, -0.25) is 14.9 Å². The van der Waals surface area contributed by atoms with Crippen molar-refractivity contribution < 1.29 is 19.2 Å². The first-order valence-corrected chi connectivity index (χ1v) is 6.31. The van der Waals surface area contributed by atoms with Crippen LogP contribution in [-0.2, 0) is 11.2 Å². The third-order valence-electron chi connectivity index (χ3n) is 3.37. The number of hydrogen-bond acceptors (Lipinski definition) is 4. The molecule has 7 nitrogen and oxygen atoms in total. The van der Waals surface area contributed by atoms with Gasteiger partial charge in [-0.1, -0.05) is 0 Å². The Morgan fingerprint density at radius 2 is 2.24 bits per heavy atom. The van der Waals surface area contributed by atoms with Gasteiger partial charge in [0.05, 0.1) is 21.7 Å². The van der Waals surface area contributed by atoms with E-state index in [4.69, 9.17) is 10.8 Å². The van der Waals surface area contributed by atoms with E-state index in [2.05, 4.69) is 4.98 Å². The van der Waals surface area contributed by atoms with E-state index in [0.717, 1.165) is 12.1 Å². The number of halogens is 1. The topological polar surface area (TPSA) is 122 Å². The summed E-state index contributed by atoms with van der Waals surface area (Å²) < 4.78 is 13.7. The van der Waals surface area contributed by atoms with Crippen LogP contribution in [0.2, 0.25) is 0 Å². The highest BCUT2D eigenvalue weighted by Crippen LogP contribution is 2.32. The number of nitrogens with one attached hydrogen (secondary N) is 1. The minimum absolute atomic E-state index is 0.0103. The number of nitrogens with zero attached hydrogens (tertiary/aromatic N) is 1. The molecule has 4 N–H and O–H groups in total. The van der Waals surface area contributed by atoms with E-state index in [9.17, 15) is 19.3 Å². The number of carbonyl (C=O) groups is 1. The highest BCUT2D eigenvalue weighted by Gasteiger charge is 2.24. The molecule has 1 aromatic carbocycles. The molecule has 112 valence electrons. The number of carboxylic acid groups (broad SMARTS) is 1. The Kier molecular flexibility index (Phi) is 4.18. The Hall–Kier alpha value is -2.48. The fraction of sp³-hybridized carbons (Fsp3) is 0.308. The molecular weight excluding hydrogens is 281 g/mol. The Morgan fingerprint density at radius 1 is 1.52 bits per heavy atom. The molecule has 0 bridgehead atoms. The van der Waals surface area contributed by atoms with Crippen molar-refractivity contribution in [2.24, 2.45) is 11.7 Å². The van der Waals surface area contributed by atoms with Gasteiger partial charge in [0.25, 0.3) is 5.69 Å². The lowest BCUT2D eigenvalue weighted by Crippen LogP contribution is -2.20. The van der Waals surface area contributed by atoms with Crippen molar-refractivity contribution in [3.05, 3.63) is 39.8 Å². The summed E-state index contributed by atoms with van der Waals surface area (Å²) in [6.07, 6.45) is 1.70. The average Bonchev–Trinajstić information content (AvgIpc) is 2.83. The molecule has 8 heteroatoms. The fourth-order valence-corrected chi connectivity index (χ4v) is 2.36. The molecule has 0 radical (unpaired) electrons. The second-order valence-electron chi connectivity index (χ2n) is 4.70. The number of hydrogen-bond donors (Lipinski definition) is 3.